The third kappa shape index (κ3) is 4.05. The first kappa shape index (κ1) is 14.0. The quantitative estimate of drug-likeness (QED) is 0.704. The van der Waals surface area contributed by atoms with E-state index in [4.69, 9.17) is 11.5 Å². The first-order valence-electron chi connectivity index (χ1n) is 5.43. The molecule has 0 spiro atoms. The molecular weight excluding hydrogens is 234 g/mol. The van der Waals surface area contributed by atoms with Gasteiger partial charge >= 0.3 is 0 Å². The van der Waals surface area contributed by atoms with Crippen molar-refractivity contribution in [3.05, 3.63) is 59.2 Å². The first-order valence-corrected chi connectivity index (χ1v) is 5.43. The summed E-state index contributed by atoms with van der Waals surface area (Å²) in [5.74, 6) is -0.481. The molecule has 0 aliphatic heterocycles. The topological polar surface area (TPSA) is 52.0 Å². The fraction of sp³-hybridized carbons (Fsp3) is 0.143. The molecule has 0 heterocycles. The summed E-state index contributed by atoms with van der Waals surface area (Å²) >= 11 is 0. The molecule has 4 heteroatoms. The molecule has 2 rings (SSSR count). The average Bonchev–Trinajstić information content (AvgIpc) is 2.30. The Balaban J connectivity index is 0.000000180. The summed E-state index contributed by atoms with van der Waals surface area (Å²) in [6.45, 7) is 3.41. The van der Waals surface area contributed by atoms with Gasteiger partial charge in [-0.15, -0.1) is 0 Å². The average molecular weight is 250 g/mol. The maximum atomic E-state index is 12.5. The lowest BCUT2D eigenvalue weighted by Gasteiger charge is -1.94. The summed E-state index contributed by atoms with van der Waals surface area (Å²) in [6, 6.07) is 9.30. The van der Waals surface area contributed by atoms with Crippen molar-refractivity contribution in [2.45, 2.75) is 13.8 Å². The molecule has 0 fully saturated rings. The molecule has 0 aliphatic rings. The highest BCUT2D eigenvalue weighted by Gasteiger charge is 1.94. The summed E-state index contributed by atoms with van der Waals surface area (Å²) in [5.41, 5.74) is 12.8. The molecule has 0 aliphatic carbocycles. The van der Waals surface area contributed by atoms with Gasteiger partial charge in [-0.3, -0.25) is 0 Å². The third-order valence-electron chi connectivity index (χ3n) is 2.39. The molecule has 0 bridgehead atoms. The fourth-order valence-electron chi connectivity index (χ4n) is 1.22. The maximum absolute atomic E-state index is 12.5. The normalized spacial score (nSPS) is 9.56. The number of hydrogen-bond acceptors (Lipinski definition) is 2. The monoisotopic (exact) mass is 250 g/mol. The van der Waals surface area contributed by atoms with E-state index in [-0.39, 0.29) is 11.6 Å². The van der Waals surface area contributed by atoms with Crippen LogP contribution in [-0.4, -0.2) is 0 Å². The van der Waals surface area contributed by atoms with Crippen molar-refractivity contribution in [1.29, 1.82) is 0 Å². The number of anilines is 2. The Kier molecular flexibility index (Phi) is 4.66. The lowest BCUT2D eigenvalue weighted by Crippen LogP contribution is -1.87. The number of nitrogens with two attached hydrogens (primary N) is 2. The Morgan fingerprint density at radius 2 is 1.06 bits per heavy atom. The second-order valence-electron chi connectivity index (χ2n) is 4.02. The van der Waals surface area contributed by atoms with Gasteiger partial charge in [-0.25, -0.2) is 8.78 Å². The molecule has 18 heavy (non-hydrogen) atoms. The van der Waals surface area contributed by atoms with Gasteiger partial charge in [0.2, 0.25) is 0 Å². The van der Waals surface area contributed by atoms with Crippen molar-refractivity contribution >= 4 is 11.4 Å². The molecule has 2 aromatic carbocycles. The van der Waals surface area contributed by atoms with E-state index in [0.29, 0.717) is 22.5 Å². The lowest BCUT2D eigenvalue weighted by atomic mass is 10.2. The molecule has 4 N–H and O–H groups in total. The number of aryl methyl sites for hydroxylation is 2. The second-order valence-corrected chi connectivity index (χ2v) is 4.02. The van der Waals surface area contributed by atoms with Crippen LogP contribution in [0.4, 0.5) is 20.2 Å². The molecule has 2 aromatic rings. The van der Waals surface area contributed by atoms with Crippen LogP contribution in [0.3, 0.4) is 0 Å². The van der Waals surface area contributed by atoms with Gasteiger partial charge in [-0.2, -0.15) is 0 Å². The Morgan fingerprint density at radius 1 is 0.722 bits per heavy atom. The van der Waals surface area contributed by atoms with Gasteiger partial charge in [-0.05, 0) is 49.2 Å². The van der Waals surface area contributed by atoms with Crippen LogP contribution in [0, 0.1) is 25.5 Å². The molecular formula is C14H16F2N2. The van der Waals surface area contributed by atoms with Crippen molar-refractivity contribution in [1.82, 2.24) is 0 Å². The van der Waals surface area contributed by atoms with E-state index >= 15 is 0 Å². The summed E-state index contributed by atoms with van der Waals surface area (Å²) in [5, 5.41) is 0. The van der Waals surface area contributed by atoms with Crippen LogP contribution in [0.15, 0.2) is 36.4 Å². The number of nitrogen functional groups attached to an aromatic ring is 2. The Labute approximate surface area is 105 Å². The van der Waals surface area contributed by atoms with Crippen molar-refractivity contribution < 1.29 is 8.78 Å². The molecule has 0 saturated heterocycles. The van der Waals surface area contributed by atoms with Gasteiger partial charge in [0.1, 0.15) is 11.6 Å². The minimum atomic E-state index is -0.241. The molecule has 0 amide bonds. The minimum absolute atomic E-state index is 0.241. The molecule has 0 aromatic heterocycles. The van der Waals surface area contributed by atoms with Crippen LogP contribution in [0.5, 0.6) is 0 Å². The zero-order valence-electron chi connectivity index (χ0n) is 10.4. The summed E-state index contributed by atoms with van der Waals surface area (Å²) in [6.07, 6.45) is 0. The van der Waals surface area contributed by atoms with Crippen LogP contribution in [0.2, 0.25) is 0 Å². The lowest BCUT2D eigenvalue weighted by molar-refractivity contribution is 0.619. The van der Waals surface area contributed by atoms with Crippen molar-refractivity contribution in [3.8, 4) is 0 Å². The largest absolute Gasteiger partial charge is 0.399 e. The number of rotatable bonds is 0. The molecule has 0 radical (unpaired) electrons. The standard InChI is InChI=1S/2C7H8FN/c2*1-5-2-3-6(9)4-7(5)8/h2*2-4H,9H2,1H3. The molecule has 96 valence electrons. The minimum Gasteiger partial charge on any atom is -0.399 e. The van der Waals surface area contributed by atoms with E-state index in [1.165, 1.54) is 12.1 Å². The summed E-state index contributed by atoms with van der Waals surface area (Å²) in [4.78, 5) is 0. The highest BCUT2D eigenvalue weighted by molar-refractivity contribution is 5.40. The summed E-state index contributed by atoms with van der Waals surface area (Å²) in [7, 11) is 0. The van der Waals surface area contributed by atoms with Gasteiger partial charge in [0, 0.05) is 11.4 Å². The van der Waals surface area contributed by atoms with Gasteiger partial charge < -0.3 is 11.5 Å². The SMILES string of the molecule is Cc1ccc(N)cc1F.Cc1ccc(N)cc1F. The van der Waals surface area contributed by atoms with E-state index in [9.17, 15) is 8.78 Å². The zero-order chi connectivity index (χ0) is 13.7. The zero-order valence-corrected chi connectivity index (χ0v) is 10.4. The van der Waals surface area contributed by atoms with E-state index in [2.05, 4.69) is 0 Å². The maximum Gasteiger partial charge on any atom is 0.128 e. The van der Waals surface area contributed by atoms with Crippen LogP contribution in [0.25, 0.3) is 0 Å². The molecule has 0 atom stereocenters. The van der Waals surface area contributed by atoms with E-state index in [1.54, 1.807) is 38.1 Å². The number of hydrogen-bond donors (Lipinski definition) is 2. The smallest absolute Gasteiger partial charge is 0.128 e. The Bertz CT molecular complexity index is 490. The van der Waals surface area contributed by atoms with Crippen molar-refractivity contribution in [2.24, 2.45) is 0 Å². The van der Waals surface area contributed by atoms with Crippen LogP contribution >= 0.6 is 0 Å². The third-order valence-corrected chi connectivity index (χ3v) is 2.39. The Morgan fingerprint density at radius 3 is 1.28 bits per heavy atom. The highest BCUT2D eigenvalue weighted by Crippen LogP contribution is 2.10. The van der Waals surface area contributed by atoms with Crippen LogP contribution in [0.1, 0.15) is 11.1 Å². The number of benzene rings is 2. The first-order chi connectivity index (χ1) is 8.40. The molecule has 0 unspecified atom stereocenters. The van der Waals surface area contributed by atoms with Gasteiger partial charge in [0.25, 0.3) is 0 Å². The van der Waals surface area contributed by atoms with E-state index in [0.717, 1.165) is 0 Å². The number of halogens is 2. The summed E-state index contributed by atoms with van der Waals surface area (Å²) < 4.78 is 25.0. The molecule has 2 nitrogen and oxygen atoms in total. The predicted octanol–water partition coefficient (Wildman–Crippen LogP) is 3.43. The fourth-order valence-corrected chi connectivity index (χ4v) is 1.22. The van der Waals surface area contributed by atoms with Gasteiger partial charge in [-0.1, -0.05) is 12.1 Å². The van der Waals surface area contributed by atoms with Crippen LogP contribution < -0.4 is 11.5 Å². The van der Waals surface area contributed by atoms with Gasteiger partial charge in [0.05, 0.1) is 0 Å². The van der Waals surface area contributed by atoms with Crippen LogP contribution in [-0.2, 0) is 0 Å². The predicted molar refractivity (Wildman–Crippen MR) is 71.1 cm³/mol. The van der Waals surface area contributed by atoms with Crippen molar-refractivity contribution in [2.75, 3.05) is 11.5 Å². The van der Waals surface area contributed by atoms with Gasteiger partial charge in [0.15, 0.2) is 0 Å². The highest BCUT2D eigenvalue weighted by atomic mass is 19.1. The Hall–Kier alpha value is -2.10. The van der Waals surface area contributed by atoms with E-state index in [1.807, 2.05) is 0 Å². The second kappa shape index (κ2) is 6.00. The van der Waals surface area contributed by atoms with E-state index < -0.39 is 0 Å². The van der Waals surface area contributed by atoms with Crippen molar-refractivity contribution in [3.63, 3.8) is 0 Å². The molecule has 0 saturated carbocycles.